The molecule has 1 aromatic carbocycles. The lowest BCUT2D eigenvalue weighted by atomic mass is 9.93. The number of benzene rings is 1. The van der Waals surface area contributed by atoms with Gasteiger partial charge in [-0.25, -0.2) is 0 Å². The first-order valence-corrected chi connectivity index (χ1v) is 4.84. The van der Waals surface area contributed by atoms with Gasteiger partial charge in [0, 0.05) is 10.9 Å². The SMILES string of the molecule is Cc1cc(Cl)ccc1C(C)C(C)O. The van der Waals surface area contributed by atoms with Crippen molar-refractivity contribution in [2.45, 2.75) is 32.8 Å². The highest BCUT2D eigenvalue weighted by atomic mass is 35.5. The second-order valence-corrected chi connectivity index (χ2v) is 3.97. The Bertz CT molecular complexity index is 294. The average Bonchev–Trinajstić information content (AvgIpc) is 2.03. The molecule has 1 N–H and O–H groups in total. The number of hydrogen-bond donors (Lipinski definition) is 1. The van der Waals surface area contributed by atoms with Gasteiger partial charge in [0.2, 0.25) is 0 Å². The first-order valence-electron chi connectivity index (χ1n) is 4.46. The number of halogens is 1. The van der Waals surface area contributed by atoms with Gasteiger partial charge in [-0.2, -0.15) is 0 Å². The van der Waals surface area contributed by atoms with Crippen molar-refractivity contribution >= 4 is 11.6 Å². The Balaban J connectivity index is 3.01. The van der Waals surface area contributed by atoms with Crippen molar-refractivity contribution in [1.82, 2.24) is 0 Å². The van der Waals surface area contributed by atoms with E-state index < -0.39 is 0 Å². The molecule has 2 atom stereocenters. The second-order valence-electron chi connectivity index (χ2n) is 3.53. The van der Waals surface area contributed by atoms with Crippen LogP contribution in [0.4, 0.5) is 0 Å². The molecule has 0 aromatic heterocycles. The molecule has 0 aliphatic rings. The monoisotopic (exact) mass is 198 g/mol. The number of aryl methyl sites for hydroxylation is 1. The lowest BCUT2D eigenvalue weighted by Gasteiger charge is -2.17. The molecule has 0 fully saturated rings. The predicted molar refractivity (Wildman–Crippen MR) is 56.3 cm³/mol. The summed E-state index contributed by atoms with van der Waals surface area (Å²) in [4.78, 5) is 0. The maximum absolute atomic E-state index is 9.44. The van der Waals surface area contributed by atoms with E-state index in [-0.39, 0.29) is 12.0 Å². The Labute approximate surface area is 84.4 Å². The molecule has 1 aromatic rings. The molecule has 13 heavy (non-hydrogen) atoms. The fourth-order valence-corrected chi connectivity index (χ4v) is 1.64. The van der Waals surface area contributed by atoms with Crippen LogP contribution >= 0.6 is 11.6 Å². The number of hydrogen-bond acceptors (Lipinski definition) is 1. The second kappa shape index (κ2) is 4.12. The van der Waals surface area contributed by atoms with Crippen LogP contribution in [-0.4, -0.2) is 11.2 Å². The van der Waals surface area contributed by atoms with E-state index in [0.717, 1.165) is 10.6 Å². The van der Waals surface area contributed by atoms with E-state index in [1.54, 1.807) is 6.92 Å². The predicted octanol–water partition coefficient (Wildman–Crippen LogP) is 3.13. The van der Waals surface area contributed by atoms with Gasteiger partial charge in [-0.3, -0.25) is 0 Å². The van der Waals surface area contributed by atoms with Crippen molar-refractivity contribution in [2.24, 2.45) is 0 Å². The highest BCUT2D eigenvalue weighted by Crippen LogP contribution is 2.24. The fraction of sp³-hybridized carbons (Fsp3) is 0.455. The summed E-state index contributed by atoms with van der Waals surface area (Å²) in [6, 6.07) is 5.77. The molecule has 72 valence electrons. The fourth-order valence-electron chi connectivity index (χ4n) is 1.41. The summed E-state index contributed by atoms with van der Waals surface area (Å²) in [5.74, 6) is 0.164. The third kappa shape index (κ3) is 2.45. The van der Waals surface area contributed by atoms with E-state index in [1.807, 2.05) is 32.0 Å². The summed E-state index contributed by atoms with van der Waals surface area (Å²) < 4.78 is 0. The maximum Gasteiger partial charge on any atom is 0.0578 e. The average molecular weight is 199 g/mol. The van der Waals surface area contributed by atoms with Crippen LogP contribution in [0.1, 0.15) is 30.9 Å². The summed E-state index contributed by atoms with van der Waals surface area (Å²) in [5.41, 5.74) is 2.31. The van der Waals surface area contributed by atoms with E-state index in [1.165, 1.54) is 5.56 Å². The summed E-state index contributed by atoms with van der Waals surface area (Å²) in [6.45, 7) is 5.83. The first-order chi connectivity index (χ1) is 6.02. The smallest absolute Gasteiger partial charge is 0.0578 e. The summed E-state index contributed by atoms with van der Waals surface area (Å²) in [6.07, 6.45) is -0.320. The van der Waals surface area contributed by atoms with Gasteiger partial charge in [0.1, 0.15) is 0 Å². The lowest BCUT2D eigenvalue weighted by molar-refractivity contribution is 0.168. The van der Waals surface area contributed by atoms with E-state index in [9.17, 15) is 5.11 Å². The Morgan fingerprint density at radius 3 is 2.38 bits per heavy atom. The molecule has 1 nitrogen and oxygen atoms in total. The Morgan fingerprint density at radius 2 is 1.92 bits per heavy atom. The van der Waals surface area contributed by atoms with Crippen LogP contribution in [0.15, 0.2) is 18.2 Å². The molecule has 0 amide bonds. The van der Waals surface area contributed by atoms with Crippen molar-refractivity contribution in [2.75, 3.05) is 0 Å². The Hall–Kier alpha value is -0.530. The molecule has 1 rings (SSSR count). The maximum atomic E-state index is 9.44. The van der Waals surface area contributed by atoms with Crippen LogP contribution in [0.2, 0.25) is 5.02 Å². The molecule has 2 unspecified atom stereocenters. The van der Waals surface area contributed by atoms with Crippen LogP contribution in [0.5, 0.6) is 0 Å². The van der Waals surface area contributed by atoms with Gasteiger partial charge >= 0.3 is 0 Å². The van der Waals surface area contributed by atoms with Gasteiger partial charge in [0.15, 0.2) is 0 Å². The van der Waals surface area contributed by atoms with Crippen LogP contribution in [0.3, 0.4) is 0 Å². The molecule has 0 aliphatic carbocycles. The standard InChI is InChI=1S/C11H15ClO/c1-7-6-10(12)4-5-11(7)8(2)9(3)13/h4-6,8-9,13H,1-3H3. The van der Waals surface area contributed by atoms with Crippen molar-refractivity contribution in [3.8, 4) is 0 Å². The first kappa shape index (κ1) is 10.6. The zero-order chi connectivity index (χ0) is 10.0. The van der Waals surface area contributed by atoms with Crippen LogP contribution in [0, 0.1) is 6.92 Å². The summed E-state index contributed by atoms with van der Waals surface area (Å²) in [5, 5.41) is 10.2. The van der Waals surface area contributed by atoms with Gasteiger partial charge in [-0.05, 0) is 37.1 Å². The minimum absolute atomic E-state index is 0.164. The van der Waals surface area contributed by atoms with E-state index >= 15 is 0 Å². The minimum atomic E-state index is -0.320. The highest BCUT2D eigenvalue weighted by molar-refractivity contribution is 6.30. The summed E-state index contributed by atoms with van der Waals surface area (Å²) >= 11 is 5.84. The molecule has 0 saturated heterocycles. The van der Waals surface area contributed by atoms with Crippen molar-refractivity contribution in [3.63, 3.8) is 0 Å². The van der Waals surface area contributed by atoms with Crippen molar-refractivity contribution < 1.29 is 5.11 Å². The molecule has 0 aliphatic heterocycles. The summed E-state index contributed by atoms with van der Waals surface area (Å²) in [7, 11) is 0. The van der Waals surface area contributed by atoms with Crippen LogP contribution in [0.25, 0.3) is 0 Å². The van der Waals surface area contributed by atoms with Crippen molar-refractivity contribution in [1.29, 1.82) is 0 Å². The Kier molecular flexibility index (Phi) is 3.34. The van der Waals surface area contributed by atoms with Gasteiger partial charge in [-0.1, -0.05) is 24.6 Å². The zero-order valence-electron chi connectivity index (χ0n) is 8.21. The third-order valence-corrected chi connectivity index (χ3v) is 2.68. The largest absolute Gasteiger partial charge is 0.393 e. The molecule has 0 bridgehead atoms. The number of aliphatic hydroxyl groups is 1. The van der Waals surface area contributed by atoms with Crippen molar-refractivity contribution in [3.05, 3.63) is 34.3 Å². The topological polar surface area (TPSA) is 20.2 Å². The van der Waals surface area contributed by atoms with E-state index in [4.69, 9.17) is 11.6 Å². The highest BCUT2D eigenvalue weighted by Gasteiger charge is 2.13. The third-order valence-electron chi connectivity index (χ3n) is 2.45. The molecule has 0 saturated carbocycles. The van der Waals surface area contributed by atoms with Crippen LogP contribution < -0.4 is 0 Å². The molecule has 0 spiro atoms. The molecular formula is C11H15ClO. The Morgan fingerprint density at radius 1 is 1.31 bits per heavy atom. The van der Waals surface area contributed by atoms with Crippen LogP contribution in [-0.2, 0) is 0 Å². The number of aliphatic hydroxyl groups excluding tert-OH is 1. The normalized spacial score (nSPS) is 15.5. The van der Waals surface area contributed by atoms with Gasteiger partial charge in [0.25, 0.3) is 0 Å². The lowest BCUT2D eigenvalue weighted by Crippen LogP contribution is -2.12. The van der Waals surface area contributed by atoms with Gasteiger partial charge in [-0.15, -0.1) is 0 Å². The van der Waals surface area contributed by atoms with Gasteiger partial charge < -0.3 is 5.11 Å². The molecule has 2 heteroatoms. The molecule has 0 heterocycles. The molecule has 0 radical (unpaired) electrons. The van der Waals surface area contributed by atoms with Gasteiger partial charge in [0.05, 0.1) is 6.10 Å². The van der Waals surface area contributed by atoms with E-state index in [2.05, 4.69) is 0 Å². The quantitative estimate of drug-likeness (QED) is 0.774. The minimum Gasteiger partial charge on any atom is -0.393 e. The zero-order valence-corrected chi connectivity index (χ0v) is 8.97. The molecular weight excluding hydrogens is 184 g/mol. The van der Waals surface area contributed by atoms with E-state index in [0.29, 0.717) is 0 Å². The number of rotatable bonds is 2.